The molecule has 3 heterocycles. The molecule has 0 N–H and O–H groups in total. The Morgan fingerprint density at radius 2 is 2.44 bits per heavy atom. The van der Waals surface area contributed by atoms with Crippen molar-refractivity contribution in [3.63, 3.8) is 0 Å². The Bertz CT molecular complexity index is 417. The van der Waals surface area contributed by atoms with Crippen molar-refractivity contribution in [1.82, 2.24) is 4.90 Å². The largest absolute Gasteiger partial charge is 0.378 e. The zero-order chi connectivity index (χ0) is 12.6. The van der Waals surface area contributed by atoms with E-state index in [-0.39, 0.29) is 11.7 Å². The van der Waals surface area contributed by atoms with Gasteiger partial charge >= 0.3 is 0 Å². The van der Waals surface area contributed by atoms with Crippen molar-refractivity contribution in [2.24, 2.45) is 0 Å². The van der Waals surface area contributed by atoms with Crippen molar-refractivity contribution in [2.75, 3.05) is 26.3 Å². The molecule has 1 aromatic rings. The number of halogens is 1. The molecule has 2 aliphatic heterocycles. The van der Waals surface area contributed by atoms with Gasteiger partial charge in [0.05, 0.1) is 17.0 Å². The van der Waals surface area contributed by atoms with Gasteiger partial charge in [-0.25, -0.2) is 0 Å². The van der Waals surface area contributed by atoms with Gasteiger partial charge in [-0.15, -0.1) is 11.3 Å². The fourth-order valence-electron chi connectivity index (χ4n) is 2.92. The lowest BCUT2D eigenvalue weighted by Gasteiger charge is -2.42. The van der Waals surface area contributed by atoms with Gasteiger partial charge in [-0.1, -0.05) is 11.6 Å². The summed E-state index contributed by atoms with van der Waals surface area (Å²) < 4.78 is 12.5. The van der Waals surface area contributed by atoms with Crippen LogP contribution in [0.25, 0.3) is 0 Å². The molecule has 0 aliphatic carbocycles. The second kappa shape index (κ2) is 5.10. The highest BCUT2D eigenvalue weighted by Gasteiger charge is 2.42. The minimum absolute atomic E-state index is 0.0707. The Labute approximate surface area is 117 Å². The summed E-state index contributed by atoms with van der Waals surface area (Å²) in [5.74, 6) is 0. The summed E-state index contributed by atoms with van der Waals surface area (Å²) in [6, 6.07) is 4.09. The molecular formula is C13H18ClNO2S. The number of hydrogen-bond acceptors (Lipinski definition) is 4. The molecule has 0 bridgehead atoms. The normalized spacial score (nSPS) is 33.3. The maximum Gasteiger partial charge on any atom is 0.107 e. The van der Waals surface area contributed by atoms with E-state index in [0.29, 0.717) is 0 Å². The van der Waals surface area contributed by atoms with Crippen molar-refractivity contribution in [3.8, 4) is 0 Å². The first-order valence-corrected chi connectivity index (χ1v) is 7.57. The third-order valence-corrected chi connectivity index (χ3v) is 4.77. The SMILES string of the molecule is C[C@@H]1CN(Cc2ccc(Cl)s2)C[C@]2(CCOC2)O1. The van der Waals surface area contributed by atoms with Crippen LogP contribution in [0.1, 0.15) is 18.2 Å². The molecule has 2 atom stereocenters. The van der Waals surface area contributed by atoms with Crippen molar-refractivity contribution < 1.29 is 9.47 Å². The monoisotopic (exact) mass is 287 g/mol. The number of thiophene rings is 1. The quantitative estimate of drug-likeness (QED) is 0.835. The molecular weight excluding hydrogens is 270 g/mol. The molecule has 1 spiro atoms. The van der Waals surface area contributed by atoms with E-state index in [2.05, 4.69) is 17.9 Å². The highest BCUT2D eigenvalue weighted by molar-refractivity contribution is 7.16. The molecule has 3 nitrogen and oxygen atoms in total. The fraction of sp³-hybridized carbons (Fsp3) is 0.692. The van der Waals surface area contributed by atoms with Crippen LogP contribution < -0.4 is 0 Å². The van der Waals surface area contributed by atoms with Crippen LogP contribution in [0.5, 0.6) is 0 Å². The van der Waals surface area contributed by atoms with Crippen molar-refractivity contribution >= 4 is 22.9 Å². The standard InChI is InChI=1S/C13H18ClNO2S/c1-10-6-15(7-11-2-3-12(14)18-11)8-13(17-10)4-5-16-9-13/h2-3,10H,4-9H2,1H3/t10-,13+/m1/s1. The van der Waals surface area contributed by atoms with Gasteiger partial charge in [-0.05, 0) is 19.1 Å². The maximum atomic E-state index is 6.12. The van der Waals surface area contributed by atoms with Gasteiger partial charge in [0.15, 0.2) is 0 Å². The summed E-state index contributed by atoms with van der Waals surface area (Å²) >= 11 is 7.65. The molecule has 2 fully saturated rings. The third kappa shape index (κ3) is 2.73. The summed E-state index contributed by atoms with van der Waals surface area (Å²) in [6.45, 7) is 6.62. The van der Waals surface area contributed by atoms with Crippen LogP contribution >= 0.6 is 22.9 Å². The lowest BCUT2D eigenvalue weighted by Crippen LogP contribution is -2.54. The van der Waals surface area contributed by atoms with Crippen molar-refractivity contribution in [1.29, 1.82) is 0 Å². The number of rotatable bonds is 2. The first kappa shape index (κ1) is 12.9. The molecule has 5 heteroatoms. The third-order valence-electron chi connectivity index (χ3n) is 3.55. The molecule has 0 unspecified atom stereocenters. The molecule has 0 aromatic carbocycles. The molecule has 0 amide bonds. The lowest BCUT2D eigenvalue weighted by molar-refractivity contribution is -0.149. The number of hydrogen-bond donors (Lipinski definition) is 0. The highest BCUT2D eigenvalue weighted by Crippen LogP contribution is 2.31. The second-order valence-corrected chi connectivity index (χ2v) is 7.09. The second-order valence-electron chi connectivity index (χ2n) is 5.29. The summed E-state index contributed by atoms with van der Waals surface area (Å²) in [5, 5.41) is 0. The average molecular weight is 288 g/mol. The van der Waals surface area contributed by atoms with Gasteiger partial charge in [0.25, 0.3) is 0 Å². The molecule has 0 radical (unpaired) electrons. The first-order valence-electron chi connectivity index (χ1n) is 6.37. The summed E-state index contributed by atoms with van der Waals surface area (Å²) in [6.07, 6.45) is 1.29. The molecule has 2 aliphatic rings. The number of ether oxygens (including phenoxy) is 2. The highest BCUT2D eigenvalue weighted by atomic mass is 35.5. The lowest BCUT2D eigenvalue weighted by atomic mass is 9.99. The zero-order valence-electron chi connectivity index (χ0n) is 10.5. The Morgan fingerprint density at radius 1 is 1.56 bits per heavy atom. The molecule has 18 heavy (non-hydrogen) atoms. The van der Waals surface area contributed by atoms with Crippen LogP contribution in [0.4, 0.5) is 0 Å². The minimum atomic E-state index is -0.0707. The maximum absolute atomic E-state index is 6.12. The number of nitrogens with zero attached hydrogens (tertiary/aromatic N) is 1. The Morgan fingerprint density at radius 3 is 3.11 bits per heavy atom. The van der Waals surface area contributed by atoms with Gasteiger partial charge in [0.2, 0.25) is 0 Å². The fourth-order valence-corrected chi connectivity index (χ4v) is 4.05. The molecule has 0 saturated carbocycles. The molecule has 3 rings (SSSR count). The average Bonchev–Trinajstić information content (AvgIpc) is 2.88. The predicted octanol–water partition coefficient (Wildman–Crippen LogP) is 2.78. The topological polar surface area (TPSA) is 21.7 Å². The zero-order valence-corrected chi connectivity index (χ0v) is 12.1. The van der Waals surface area contributed by atoms with E-state index in [9.17, 15) is 0 Å². The van der Waals surface area contributed by atoms with Crippen LogP contribution in [0.2, 0.25) is 4.34 Å². The number of morpholine rings is 1. The van der Waals surface area contributed by atoms with E-state index >= 15 is 0 Å². The summed E-state index contributed by atoms with van der Waals surface area (Å²) in [5.41, 5.74) is -0.0707. The molecule has 100 valence electrons. The van der Waals surface area contributed by atoms with Crippen LogP contribution in [-0.2, 0) is 16.0 Å². The van der Waals surface area contributed by atoms with Gasteiger partial charge in [0.1, 0.15) is 5.60 Å². The summed E-state index contributed by atoms with van der Waals surface area (Å²) in [4.78, 5) is 3.79. The van der Waals surface area contributed by atoms with Crippen LogP contribution in [0, 0.1) is 0 Å². The van der Waals surface area contributed by atoms with Crippen LogP contribution in [0.3, 0.4) is 0 Å². The van der Waals surface area contributed by atoms with E-state index in [1.165, 1.54) is 4.88 Å². The Kier molecular flexibility index (Phi) is 3.65. The van der Waals surface area contributed by atoms with E-state index in [4.69, 9.17) is 21.1 Å². The van der Waals surface area contributed by atoms with E-state index < -0.39 is 0 Å². The smallest absolute Gasteiger partial charge is 0.107 e. The van der Waals surface area contributed by atoms with Gasteiger partial charge < -0.3 is 9.47 Å². The Hall–Kier alpha value is -0.130. The predicted molar refractivity (Wildman–Crippen MR) is 73.3 cm³/mol. The molecule has 2 saturated heterocycles. The minimum Gasteiger partial charge on any atom is -0.378 e. The summed E-state index contributed by atoms with van der Waals surface area (Å²) in [7, 11) is 0. The van der Waals surface area contributed by atoms with Gasteiger partial charge in [-0.3, -0.25) is 4.90 Å². The van der Waals surface area contributed by atoms with E-state index in [0.717, 1.165) is 43.6 Å². The molecule has 1 aromatic heterocycles. The van der Waals surface area contributed by atoms with E-state index in [1.54, 1.807) is 11.3 Å². The van der Waals surface area contributed by atoms with Crippen molar-refractivity contribution in [2.45, 2.75) is 31.6 Å². The van der Waals surface area contributed by atoms with Crippen LogP contribution in [0.15, 0.2) is 12.1 Å². The first-order chi connectivity index (χ1) is 8.65. The van der Waals surface area contributed by atoms with Crippen LogP contribution in [-0.4, -0.2) is 42.9 Å². The van der Waals surface area contributed by atoms with Gasteiger partial charge in [0, 0.05) is 37.5 Å². The Balaban J connectivity index is 1.68. The van der Waals surface area contributed by atoms with Gasteiger partial charge in [-0.2, -0.15) is 0 Å². The van der Waals surface area contributed by atoms with E-state index in [1.807, 2.05) is 6.07 Å². The van der Waals surface area contributed by atoms with Crippen molar-refractivity contribution in [3.05, 3.63) is 21.3 Å².